The van der Waals surface area contributed by atoms with Gasteiger partial charge in [0.25, 0.3) is 17.7 Å². The number of rotatable bonds is 3. The summed E-state index contributed by atoms with van der Waals surface area (Å²) < 4.78 is 17.3. The van der Waals surface area contributed by atoms with Crippen molar-refractivity contribution in [2.45, 2.75) is 18.7 Å². The predicted molar refractivity (Wildman–Crippen MR) is 150 cm³/mol. The van der Waals surface area contributed by atoms with E-state index in [4.69, 9.17) is 14.2 Å². The Balaban J connectivity index is 1.27. The number of carbonyl (C=O) groups is 3. The Morgan fingerprint density at radius 3 is 2.67 bits per heavy atom. The third-order valence-corrected chi connectivity index (χ3v) is 7.09. The number of hydrogen-bond donors (Lipinski definition) is 3. The fraction of sp³-hybridized carbons (Fsp3) is 0.233. The van der Waals surface area contributed by atoms with E-state index in [0.717, 1.165) is 5.56 Å². The van der Waals surface area contributed by atoms with Crippen molar-refractivity contribution in [3.05, 3.63) is 89.7 Å². The van der Waals surface area contributed by atoms with Crippen LogP contribution >= 0.6 is 0 Å². The van der Waals surface area contributed by atoms with Crippen LogP contribution in [0.15, 0.2) is 72.9 Å². The Morgan fingerprint density at radius 2 is 1.88 bits per heavy atom. The molecule has 2 aromatic carbocycles. The van der Waals surface area contributed by atoms with Gasteiger partial charge in [0.1, 0.15) is 23.2 Å². The van der Waals surface area contributed by atoms with Gasteiger partial charge < -0.3 is 29.7 Å². The molecular weight excluding hydrogens is 540 g/mol. The molecule has 1 saturated heterocycles. The molecule has 3 aliphatic heterocycles. The van der Waals surface area contributed by atoms with Gasteiger partial charge in [0, 0.05) is 24.8 Å². The van der Waals surface area contributed by atoms with Gasteiger partial charge in [0.05, 0.1) is 25.4 Å². The summed E-state index contributed by atoms with van der Waals surface area (Å²) in [6.07, 6.45) is 1.12. The standard InChI is InChI=1S/C30H28N6O6/c1-40-25-10-7-19-12-26(25)41-17-28(37)32-14-18-5-8-20(9-6-18)42-27-16-36(15-24(27)33-29(19)38)30(39)23-13-22(34-35-23)21-4-2-3-11-31-21/h2-13,24,27H,14-17H2,1H3,(H,32,37)(H,33,38)(H,34,35)/t24-,27-/m0/s1. The first-order valence-corrected chi connectivity index (χ1v) is 13.4. The van der Waals surface area contributed by atoms with Crippen LogP contribution in [0.2, 0.25) is 0 Å². The summed E-state index contributed by atoms with van der Waals surface area (Å²) in [5, 5.41) is 12.9. The maximum Gasteiger partial charge on any atom is 0.272 e. The second-order valence-electron chi connectivity index (χ2n) is 9.90. The third kappa shape index (κ3) is 5.73. The van der Waals surface area contributed by atoms with Crippen LogP contribution in [0, 0.1) is 0 Å². The number of fused-ring (bicyclic) bond motifs is 7. The fourth-order valence-corrected chi connectivity index (χ4v) is 4.88. The number of carbonyl (C=O) groups excluding carboxylic acids is 3. The number of pyridine rings is 1. The molecule has 4 bridgehead atoms. The van der Waals surface area contributed by atoms with E-state index in [0.29, 0.717) is 40.7 Å². The smallest absolute Gasteiger partial charge is 0.272 e. The predicted octanol–water partition coefficient (Wildman–Crippen LogP) is 2.19. The summed E-state index contributed by atoms with van der Waals surface area (Å²) in [6, 6.07) is 18.6. The number of amides is 3. The molecule has 0 aliphatic carbocycles. The zero-order valence-electron chi connectivity index (χ0n) is 22.7. The number of hydrogen-bond acceptors (Lipinski definition) is 8. The minimum Gasteiger partial charge on any atom is -0.493 e. The number of likely N-dealkylation sites (tertiary alicyclic amines) is 1. The van der Waals surface area contributed by atoms with E-state index in [1.54, 1.807) is 47.5 Å². The first-order chi connectivity index (χ1) is 20.5. The van der Waals surface area contributed by atoms with Gasteiger partial charge in [0.15, 0.2) is 18.1 Å². The van der Waals surface area contributed by atoms with Gasteiger partial charge in [-0.25, -0.2) is 0 Å². The van der Waals surface area contributed by atoms with Crippen molar-refractivity contribution >= 4 is 17.7 Å². The average molecular weight is 569 g/mol. The van der Waals surface area contributed by atoms with Gasteiger partial charge >= 0.3 is 0 Å². The Bertz CT molecular complexity index is 1610. The van der Waals surface area contributed by atoms with Crippen LogP contribution in [0.4, 0.5) is 0 Å². The van der Waals surface area contributed by atoms with E-state index in [1.165, 1.54) is 13.2 Å². The number of aromatic amines is 1. The molecule has 3 amide bonds. The molecule has 4 aromatic rings. The van der Waals surface area contributed by atoms with Crippen LogP contribution in [0.5, 0.6) is 17.2 Å². The van der Waals surface area contributed by atoms with E-state index in [-0.39, 0.29) is 37.3 Å². The van der Waals surface area contributed by atoms with Crippen molar-refractivity contribution in [1.29, 1.82) is 0 Å². The maximum atomic E-state index is 13.5. The second-order valence-corrected chi connectivity index (χ2v) is 9.90. The van der Waals surface area contributed by atoms with E-state index in [1.807, 2.05) is 24.3 Å². The molecule has 7 rings (SSSR count). The van der Waals surface area contributed by atoms with Gasteiger partial charge in [0.2, 0.25) is 0 Å². The number of nitrogens with zero attached hydrogens (tertiary/aromatic N) is 3. The van der Waals surface area contributed by atoms with Crippen molar-refractivity contribution in [3.63, 3.8) is 0 Å². The molecule has 0 spiro atoms. The first kappa shape index (κ1) is 26.8. The lowest BCUT2D eigenvalue weighted by Crippen LogP contribution is -2.45. The van der Waals surface area contributed by atoms with Crippen molar-refractivity contribution in [2.75, 3.05) is 26.8 Å². The molecule has 3 N–H and O–H groups in total. The quantitative estimate of drug-likeness (QED) is 0.341. The minimum atomic E-state index is -0.536. The second kappa shape index (κ2) is 11.6. The zero-order chi connectivity index (χ0) is 29.1. The summed E-state index contributed by atoms with van der Waals surface area (Å²) in [5.41, 5.74) is 2.68. The maximum absolute atomic E-state index is 13.5. The Kier molecular flexibility index (Phi) is 7.41. The molecule has 0 radical (unpaired) electrons. The highest BCUT2D eigenvalue weighted by Gasteiger charge is 2.39. The molecule has 5 heterocycles. The number of nitrogens with one attached hydrogen (secondary N) is 3. The van der Waals surface area contributed by atoms with Crippen LogP contribution in [-0.4, -0.2) is 76.8 Å². The lowest BCUT2D eigenvalue weighted by Gasteiger charge is -2.21. The van der Waals surface area contributed by atoms with Crippen molar-refractivity contribution in [3.8, 4) is 28.6 Å². The van der Waals surface area contributed by atoms with Crippen LogP contribution in [0.1, 0.15) is 26.4 Å². The third-order valence-electron chi connectivity index (χ3n) is 7.09. The summed E-state index contributed by atoms with van der Waals surface area (Å²) in [4.78, 5) is 45.2. The first-order valence-electron chi connectivity index (χ1n) is 13.4. The summed E-state index contributed by atoms with van der Waals surface area (Å²) in [5.74, 6) is 0.229. The molecule has 0 unspecified atom stereocenters. The highest BCUT2D eigenvalue weighted by atomic mass is 16.5. The van der Waals surface area contributed by atoms with Crippen LogP contribution in [-0.2, 0) is 11.3 Å². The number of methoxy groups -OCH3 is 1. The van der Waals surface area contributed by atoms with Crippen molar-refractivity contribution in [1.82, 2.24) is 30.7 Å². The SMILES string of the molecule is COc1ccc2cc1OCC(=O)NCc1ccc(cc1)O[C@H]1CN(C(=O)c3cc(-c4ccccn4)n[nH]3)C[C@@H]1NC2=O. The molecule has 42 heavy (non-hydrogen) atoms. The number of ether oxygens (including phenoxy) is 3. The van der Waals surface area contributed by atoms with Gasteiger partial charge in [-0.05, 0) is 54.1 Å². The lowest BCUT2D eigenvalue weighted by molar-refractivity contribution is -0.123. The van der Waals surface area contributed by atoms with E-state index in [9.17, 15) is 14.4 Å². The van der Waals surface area contributed by atoms with Gasteiger partial charge in [-0.1, -0.05) is 18.2 Å². The van der Waals surface area contributed by atoms with Crippen LogP contribution < -0.4 is 24.8 Å². The van der Waals surface area contributed by atoms with Crippen molar-refractivity contribution in [2.24, 2.45) is 0 Å². The highest BCUT2D eigenvalue weighted by Crippen LogP contribution is 2.29. The largest absolute Gasteiger partial charge is 0.493 e. The molecule has 0 saturated carbocycles. The van der Waals surface area contributed by atoms with Crippen LogP contribution in [0.25, 0.3) is 11.4 Å². The molecule has 3 aliphatic rings. The van der Waals surface area contributed by atoms with E-state index >= 15 is 0 Å². The summed E-state index contributed by atoms with van der Waals surface area (Å²) in [6.45, 7) is 0.498. The minimum absolute atomic E-state index is 0.212. The van der Waals surface area contributed by atoms with Gasteiger partial charge in [-0.2, -0.15) is 5.10 Å². The molecule has 214 valence electrons. The molecule has 1 fully saturated rings. The Hall–Kier alpha value is -5.39. The van der Waals surface area contributed by atoms with Gasteiger partial charge in [-0.15, -0.1) is 0 Å². The molecule has 12 nitrogen and oxygen atoms in total. The molecular formula is C30H28N6O6. The molecule has 12 heteroatoms. The van der Waals surface area contributed by atoms with Crippen molar-refractivity contribution < 1.29 is 28.6 Å². The summed E-state index contributed by atoms with van der Waals surface area (Å²) >= 11 is 0. The highest BCUT2D eigenvalue weighted by molar-refractivity contribution is 5.96. The van der Waals surface area contributed by atoms with E-state index in [2.05, 4.69) is 25.8 Å². The number of aromatic nitrogens is 3. The number of H-pyrrole nitrogens is 1. The van der Waals surface area contributed by atoms with Gasteiger partial charge in [-0.3, -0.25) is 24.5 Å². The number of benzene rings is 2. The Morgan fingerprint density at radius 1 is 1.02 bits per heavy atom. The zero-order valence-corrected chi connectivity index (χ0v) is 22.7. The lowest BCUT2D eigenvalue weighted by atomic mass is 10.1. The average Bonchev–Trinajstić information content (AvgIpc) is 3.67. The summed E-state index contributed by atoms with van der Waals surface area (Å²) in [7, 11) is 1.48. The van der Waals surface area contributed by atoms with E-state index < -0.39 is 18.1 Å². The molecule has 2 atom stereocenters. The monoisotopic (exact) mass is 568 g/mol. The fourth-order valence-electron chi connectivity index (χ4n) is 4.88. The normalized spacial score (nSPS) is 18.6. The Labute approximate surface area is 241 Å². The topological polar surface area (TPSA) is 148 Å². The molecule has 2 aromatic heterocycles. The van der Waals surface area contributed by atoms with Crippen LogP contribution in [0.3, 0.4) is 0 Å².